The van der Waals surface area contributed by atoms with E-state index in [1.165, 1.54) is 32.5 Å². The third-order valence-electron chi connectivity index (χ3n) is 4.06. The molecule has 104 valence electrons. The lowest BCUT2D eigenvalue weighted by molar-refractivity contribution is 0.217. The number of carbonyl (C=O) groups is 1. The summed E-state index contributed by atoms with van der Waals surface area (Å²) in [6.07, 6.45) is 3.83. The minimum Gasteiger partial charge on any atom is -0.324 e. The highest BCUT2D eigenvalue weighted by molar-refractivity contribution is 7.08. The van der Waals surface area contributed by atoms with Gasteiger partial charge in [0.15, 0.2) is 0 Å². The molecule has 1 aromatic heterocycles. The summed E-state index contributed by atoms with van der Waals surface area (Å²) in [5.74, 6) is 0.659. The quantitative estimate of drug-likeness (QED) is 0.923. The van der Waals surface area contributed by atoms with E-state index >= 15 is 0 Å². The van der Waals surface area contributed by atoms with Gasteiger partial charge in [-0.05, 0) is 49.7 Å². The minimum atomic E-state index is 0.0577. The van der Waals surface area contributed by atoms with Crippen LogP contribution in [0, 0.1) is 5.92 Å². The van der Waals surface area contributed by atoms with Crippen LogP contribution < -0.4 is 5.32 Å². The fraction of sp³-hybridized carbons (Fsp3) is 0.643. The summed E-state index contributed by atoms with van der Waals surface area (Å²) in [7, 11) is 0. The van der Waals surface area contributed by atoms with Gasteiger partial charge in [-0.2, -0.15) is 11.3 Å². The molecule has 3 rings (SSSR count). The summed E-state index contributed by atoms with van der Waals surface area (Å²) < 4.78 is 0. The van der Waals surface area contributed by atoms with Gasteiger partial charge in [-0.15, -0.1) is 0 Å². The van der Waals surface area contributed by atoms with Gasteiger partial charge in [-0.3, -0.25) is 0 Å². The monoisotopic (exact) mass is 279 g/mol. The second kappa shape index (κ2) is 5.92. The molecule has 2 amide bonds. The number of hydrogen-bond donors (Lipinski definition) is 1. The van der Waals surface area contributed by atoms with Gasteiger partial charge >= 0.3 is 6.03 Å². The molecule has 0 aliphatic carbocycles. The van der Waals surface area contributed by atoms with Crippen molar-refractivity contribution in [1.29, 1.82) is 0 Å². The Bertz CT molecular complexity index is 414. The maximum Gasteiger partial charge on any atom is 0.321 e. The zero-order chi connectivity index (χ0) is 13.1. The Balaban J connectivity index is 1.46. The summed E-state index contributed by atoms with van der Waals surface area (Å²) in [5.41, 5.74) is 0.915. The van der Waals surface area contributed by atoms with E-state index in [2.05, 4.69) is 10.2 Å². The lowest BCUT2D eigenvalue weighted by Gasteiger charge is -2.20. The molecular formula is C14H21N3OS. The summed E-state index contributed by atoms with van der Waals surface area (Å²) in [6.45, 7) is 5.47. The number of thiophene rings is 1. The van der Waals surface area contributed by atoms with E-state index in [4.69, 9.17) is 0 Å². The van der Waals surface area contributed by atoms with E-state index in [-0.39, 0.29) is 6.03 Å². The van der Waals surface area contributed by atoms with E-state index < -0.39 is 0 Å². The van der Waals surface area contributed by atoms with Crippen LogP contribution in [-0.4, -0.2) is 48.6 Å². The molecule has 4 nitrogen and oxygen atoms in total. The van der Waals surface area contributed by atoms with Crippen LogP contribution in [0.1, 0.15) is 19.3 Å². The van der Waals surface area contributed by atoms with E-state index in [1.807, 2.05) is 21.7 Å². The van der Waals surface area contributed by atoms with Crippen LogP contribution in [0.3, 0.4) is 0 Å². The van der Waals surface area contributed by atoms with Crippen LogP contribution in [-0.2, 0) is 0 Å². The number of rotatable bonds is 3. The average Bonchev–Trinajstić information content (AvgIpc) is 3.10. The Morgan fingerprint density at radius 3 is 2.95 bits per heavy atom. The topological polar surface area (TPSA) is 35.6 Å². The van der Waals surface area contributed by atoms with Crippen LogP contribution in [0.25, 0.3) is 0 Å². The molecule has 0 bridgehead atoms. The highest BCUT2D eigenvalue weighted by atomic mass is 32.1. The molecule has 2 fully saturated rings. The molecule has 1 N–H and O–H groups in total. The van der Waals surface area contributed by atoms with Crippen molar-refractivity contribution < 1.29 is 4.79 Å². The number of likely N-dealkylation sites (tertiary alicyclic amines) is 2. The first kappa shape index (κ1) is 12.9. The maximum absolute atomic E-state index is 12.1. The summed E-state index contributed by atoms with van der Waals surface area (Å²) in [5, 5.41) is 6.91. The Labute approximate surface area is 118 Å². The molecule has 0 radical (unpaired) electrons. The van der Waals surface area contributed by atoms with Crippen LogP contribution in [0.4, 0.5) is 10.5 Å². The number of hydrogen-bond acceptors (Lipinski definition) is 3. The van der Waals surface area contributed by atoms with Crippen LogP contribution in [0.5, 0.6) is 0 Å². The molecular weight excluding hydrogens is 258 g/mol. The fourth-order valence-corrected chi connectivity index (χ4v) is 3.62. The molecule has 0 aromatic carbocycles. The molecule has 3 heterocycles. The summed E-state index contributed by atoms with van der Waals surface area (Å²) in [6, 6.07) is 2.00. The van der Waals surface area contributed by atoms with Crippen molar-refractivity contribution in [2.45, 2.75) is 19.3 Å². The van der Waals surface area contributed by atoms with E-state index in [0.29, 0.717) is 5.92 Å². The zero-order valence-corrected chi connectivity index (χ0v) is 12.0. The Morgan fingerprint density at radius 1 is 1.37 bits per heavy atom. The second-order valence-electron chi connectivity index (χ2n) is 5.55. The van der Waals surface area contributed by atoms with Gasteiger partial charge in [0.25, 0.3) is 0 Å². The first-order valence-electron chi connectivity index (χ1n) is 7.12. The highest BCUT2D eigenvalue weighted by Crippen LogP contribution is 2.21. The molecule has 2 saturated heterocycles. The van der Waals surface area contributed by atoms with Crippen LogP contribution in [0.2, 0.25) is 0 Å². The molecule has 1 aromatic rings. The standard InChI is InChI=1S/C14H21N3OS/c18-14(15-13-4-8-19-11-13)17-7-3-12(10-17)9-16-5-1-2-6-16/h4,8,11-12H,1-3,5-7,9-10H2,(H,15,18). The second-order valence-corrected chi connectivity index (χ2v) is 6.33. The van der Waals surface area contributed by atoms with E-state index in [1.54, 1.807) is 11.3 Å². The lowest BCUT2D eigenvalue weighted by atomic mass is 10.1. The predicted molar refractivity (Wildman–Crippen MR) is 78.7 cm³/mol. The highest BCUT2D eigenvalue weighted by Gasteiger charge is 2.28. The van der Waals surface area contributed by atoms with Gasteiger partial charge in [0.05, 0.1) is 5.69 Å². The van der Waals surface area contributed by atoms with Crippen LogP contribution in [0.15, 0.2) is 16.8 Å². The van der Waals surface area contributed by atoms with Crippen LogP contribution >= 0.6 is 11.3 Å². The predicted octanol–water partition coefficient (Wildman–Crippen LogP) is 2.70. The Morgan fingerprint density at radius 2 is 2.21 bits per heavy atom. The van der Waals surface area contributed by atoms with Crippen molar-refractivity contribution in [3.63, 3.8) is 0 Å². The maximum atomic E-state index is 12.1. The largest absolute Gasteiger partial charge is 0.324 e. The fourth-order valence-electron chi connectivity index (χ4n) is 3.03. The number of amides is 2. The van der Waals surface area contributed by atoms with E-state index in [9.17, 15) is 4.79 Å². The minimum absolute atomic E-state index is 0.0577. The van der Waals surface area contributed by atoms with Crippen molar-refractivity contribution in [3.05, 3.63) is 16.8 Å². The molecule has 1 unspecified atom stereocenters. The van der Waals surface area contributed by atoms with E-state index in [0.717, 1.165) is 25.2 Å². The molecule has 19 heavy (non-hydrogen) atoms. The van der Waals surface area contributed by atoms with Crippen molar-refractivity contribution in [2.24, 2.45) is 5.92 Å². The zero-order valence-electron chi connectivity index (χ0n) is 11.2. The first-order valence-corrected chi connectivity index (χ1v) is 8.06. The average molecular weight is 279 g/mol. The first-order chi connectivity index (χ1) is 9.31. The number of anilines is 1. The van der Waals surface area contributed by atoms with Crippen molar-refractivity contribution in [2.75, 3.05) is 38.0 Å². The molecule has 1 atom stereocenters. The molecule has 0 saturated carbocycles. The summed E-state index contributed by atoms with van der Waals surface area (Å²) >= 11 is 1.61. The molecule has 2 aliphatic heterocycles. The van der Waals surface area contributed by atoms with Gasteiger partial charge in [0.1, 0.15) is 0 Å². The number of nitrogens with one attached hydrogen (secondary N) is 1. The smallest absolute Gasteiger partial charge is 0.321 e. The molecule has 2 aliphatic rings. The van der Waals surface area contributed by atoms with Crippen molar-refractivity contribution in [3.8, 4) is 0 Å². The van der Waals surface area contributed by atoms with Gasteiger partial charge < -0.3 is 15.1 Å². The van der Waals surface area contributed by atoms with Gasteiger partial charge in [-0.1, -0.05) is 0 Å². The number of carbonyl (C=O) groups excluding carboxylic acids is 1. The number of nitrogens with zero attached hydrogens (tertiary/aromatic N) is 2. The van der Waals surface area contributed by atoms with Gasteiger partial charge in [-0.25, -0.2) is 4.79 Å². The number of urea groups is 1. The Hall–Kier alpha value is -1.07. The Kier molecular flexibility index (Phi) is 4.03. The molecule has 5 heteroatoms. The lowest BCUT2D eigenvalue weighted by Crippen LogP contribution is -2.34. The third kappa shape index (κ3) is 3.28. The van der Waals surface area contributed by atoms with Gasteiger partial charge in [0, 0.05) is 25.0 Å². The third-order valence-corrected chi connectivity index (χ3v) is 4.74. The van der Waals surface area contributed by atoms with Crippen molar-refractivity contribution in [1.82, 2.24) is 9.80 Å². The SMILES string of the molecule is O=C(Nc1ccsc1)N1CCC(CN2CCCC2)C1. The summed E-state index contributed by atoms with van der Waals surface area (Å²) in [4.78, 5) is 16.6. The van der Waals surface area contributed by atoms with Crippen molar-refractivity contribution >= 4 is 23.1 Å². The normalized spacial score (nSPS) is 24.0. The van der Waals surface area contributed by atoms with Gasteiger partial charge in [0.2, 0.25) is 0 Å². The molecule has 0 spiro atoms.